The molecule has 32 heavy (non-hydrogen) atoms. The molecule has 11 heteroatoms. The Morgan fingerprint density at radius 3 is 2.72 bits per heavy atom. The third-order valence-electron chi connectivity index (χ3n) is 4.73. The number of benzene rings is 1. The molecule has 0 saturated carbocycles. The molecule has 4 aromatic rings. The Kier molecular flexibility index (Phi) is 5.51. The normalized spacial score (nSPS) is 13.2. The van der Waals surface area contributed by atoms with Crippen LogP contribution in [0.1, 0.15) is 17.0 Å². The van der Waals surface area contributed by atoms with Crippen LogP contribution in [-0.4, -0.2) is 30.2 Å². The average Bonchev–Trinajstić information content (AvgIpc) is 3.12. The second-order valence-corrected chi connectivity index (χ2v) is 9.10. The van der Waals surface area contributed by atoms with Crippen LogP contribution in [0.25, 0.3) is 11.0 Å². The lowest BCUT2D eigenvalue weighted by atomic mass is 10.2. The molecule has 0 bridgehead atoms. The minimum Gasteiger partial charge on any atom is -0.483 e. The predicted molar refractivity (Wildman–Crippen MR) is 115 cm³/mol. The Balaban J connectivity index is 1.60. The van der Waals surface area contributed by atoms with Crippen LogP contribution in [0, 0.1) is 31.3 Å². The zero-order valence-corrected chi connectivity index (χ0v) is 17.9. The monoisotopic (exact) mass is 461 g/mol. The van der Waals surface area contributed by atoms with E-state index in [1.165, 1.54) is 13.1 Å². The molecule has 0 spiro atoms. The second kappa shape index (κ2) is 8.15. The fourth-order valence-electron chi connectivity index (χ4n) is 3.10. The van der Waals surface area contributed by atoms with Gasteiger partial charge in [0.15, 0.2) is 23.0 Å². The molecule has 2 N–H and O–H groups in total. The first kappa shape index (κ1) is 21.6. The topological polar surface area (TPSA) is 92.8 Å². The Morgan fingerprint density at radius 2 is 1.94 bits per heavy atom. The van der Waals surface area contributed by atoms with Gasteiger partial charge < -0.3 is 9.46 Å². The van der Waals surface area contributed by atoms with Crippen LogP contribution < -0.4 is 9.46 Å². The van der Waals surface area contributed by atoms with E-state index in [0.29, 0.717) is 11.2 Å². The first-order chi connectivity index (χ1) is 15.2. The standard InChI is InChI=1S/C21H18F3N5O2S/c1-11-15-6-13(8-26-21(15)28-27-11)10-31-20-16(23)4-5-17(19(20)24)29-32(3,30)18-7-14(22)9-25-12(18)2/h4-9H,3,10H2,1-2H3,(H,29,30)(H,26,27,28). The number of hydrogen-bond acceptors (Lipinski definition) is 5. The van der Waals surface area contributed by atoms with Crippen LogP contribution in [0.2, 0.25) is 0 Å². The van der Waals surface area contributed by atoms with E-state index in [2.05, 4.69) is 30.8 Å². The van der Waals surface area contributed by atoms with Gasteiger partial charge in [0.25, 0.3) is 0 Å². The summed E-state index contributed by atoms with van der Waals surface area (Å²) >= 11 is 0. The Hall–Kier alpha value is -3.60. The van der Waals surface area contributed by atoms with Crippen molar-refractivity contribution >= 4 is 32.3 Å². The number of aromatic nitrogens is 4. The smallest absolute Gasteiger partial charge is 0.193 e. The Labute approximate surface area is 181 Å². The number of nitrogens with zero attached hydrogens (tertiary/aromatic N) is 3. The van der Waals surface area contributed by atoms with Gasteiger partial charge in [-0.2, -0.15) is 5.10 Å². The number of ether oxygens (including phenoxy) is 1. The van der Waals surface area contributed by atoms with E-state index >= 15 is 4.39 Å². The van der Waals surface area contributed by atoms with E-state index in [4.69, 9.17) is 4.74 Å². The van der Waals surface area contributed by atoms with Crippen molar-refractivity contribution in [1.29, 1.82) is 0 Å². The largest absolute Gasteiger partial charge is 0.483 e. The number of fused-ring (bicyclic) bond motifs is 1. The van der Waals surface area contributed by atoms with Crippen molar-refractivity contribution in [3.05, 3.63) is 71.1 Å². The maximum atomic E-state index is 15.0. The number of H-pyrrole nitrogens is 1. The molecule has 0 fully saturated rings. The molecule has 166 valence electrons. The van der Waals surface area contributed by atoms with E-state index in [1.807, 2.05) is 6.92 Å². The van der Waals surface area contributed by atoms with Crippen LogP contribution in [0.5, 0.6) is 5.75 Å². The van der Waals surface area contributed by atoms with Gasteiger partial charge in [0.05, 0.1) is 32.2 Å². The summed E-state index contributed by atoms with van der Waals surface area (Å²) in [5.74, 6) is 0.124. The van der Waals surface area contributed by atoms with Crippen LogP contribution in [-0.2, 0) is 16.3 Å². The highest BCUT2D eigenvalue weighted by Gasteiger charge is 2.20. The lowest BCUT2D eigenvalue weighted by molar-refractivity contribution is 0.274. The van der Waals surface area contributed by atoms with Crippen LogP contribution in [0.4, 0.5) is 18.9 Å². The van der Waals surface area contributed by atoms with E-state index < -0.39 is 32.9 Å². The van der Waals surface area contributed by atoms with E-state index in [0.717, 1.165) is 35.5 Å². The van der Waals surface area contributed by atoms with Crippen molar-refractivity contribution < 1.29 is 22.1 Å². The third kappa shape index (κ3) is 4.11. The summed E-state index contributed by atoms with van der Waals surface area (Å²) in [5.41, 5.74) is 1.83. The number of nitrogens with one attached hydrogen (secondary N) is 2. The number of anilines is 1. The number of halogens is 3. The Morgan fingerprint density at radius 1 is 1.16 bits per heavy atom. The van der Waals surface area contributed by atoms with Crippen molar-refractivity contribution in [3.8, 4) is 5.75 Å². The maximum absolute atomic E-state index is 15.0. The number of aromatic amines is 1. The summed E-state index contributed by atoms with van der Waals surface area (Å²) in [6, 6.07) is 4.79. The van der Waals surface area contributed by atoms with E-state index in [-0.39, 0.29) is 22.9 Å². The number of hydrogen-bond donors (Lipinski definition) is 2. The fourth-order valence-corrected chi connectivity index (χ4v) is 4.55. The molecule has 0 saturated heterocycles. The molecular formula is C21H18F3N5O2S. The quantitative estimate of drug-likeness (QED) is 0.423. The first-order valence-electron chi connectivity index (χ1n) is 9.33. The van der Waals surface area contributed by atoms with Crippen molar-refractivity contribution in [1.82, 2.24) is 20.2 Å². The molecule has 0 radical (unpaired) electrons. The van der Waals surface area contributed by atoms with Gasteiger partial charge in [-0.15, -0.1) is 0 Å². The van der Waals surface area contributed by atoms with E-state index in [9.17, 15) is 13.0 Å². The SMILES string of the molecule is C=S(=O)(Nc1ccc(F)c(OCc2cnc3n[nH]c(C)c3c2)c1F)c1cc(F)cnc1C. The zero-order chi connectivity index (χ0) is 23.0. The molecule has 7 nitrogen and oxygen atoms in total. The fraction of sp³-hybridized carbons (Fsp3) is 0.143. The summed E-state index contributed by atoms with van der Waals surface area (Å²) in [7, 11) is -3.40. The first-order valence-corrected chi connectivity index (χ1v) is 11.1. The molecular weight excluding hydrogens is 443 g/mol. The van der Waals surface area contributed by atoms with Crippen molar-refractivity contribution in [2.24, 2.45) is 0 Å². The molecule has 1 unspecified atom stereocenters. The number of aryl methyl sites for hydroxylation is 2. The minimum atomic E-state index is -3.40. The summed E-state index contributed by atoms with van der Waals surface area (Å²) in [6.45, 7) is 3.17. The Bertz CT molecular complexity index is 1440. The molecule has 3 aromatic heterocycles. The summed E-state index contributed by atoms with van der Waals surface area (Å²) in [5, 5.41) is 7.59. The van der Waals surface area contributed by atoms with Crippen LogP contribution >= 0.6 is 0 Å². The molecule has 0 aliphatic rings. The van der Waals surface area contributed by atoms with Gasteiger partial charge in [-0.1, -0.05) is 0 Å². The third-order valence-corrected chi connectivity index (χ3v) is 6.40. The van der Waals surface area contributed by atoms with Gasteiger partial charge in [-0.3, -0.25) is 10.1 Å². The lowest BCUT2D eigenvalue weighted by Gasteiger charge is -2.17. The highest BCUT2D eigenvalue weighted by Crippen LogP contribution is 2.31. The van der Waals surface area contributed by atoms with Crippen molar-refractivity contribution in [2.45, 2.75) is 25.3 Å². The maximum Gasteiger partial charge on any atom is 0.193 e. The van der Waals surface area contributed by atoms with Crippen molar-refractivity contribution in [2.75, 3.05) is 4.72 Å². The van der Waals surface area contributed by atoms with E-state index in [1.54, 1.807) is 6.07 Å². The molecule has 0 amide bonds. The highest BCUT2D eigenvalue weighted by molar-refractivity contribution is 8.01. The summed E-state index contributed by atoms with van der Waals surface area (Å²) in [4.78, 5) is 7.94. The molecule has 3 heterocycles. The van der Waals surface area contributed by atoms with Gasteiger partial charge in [0.2, 0.25) is 0 Å². The van der Waals surface area contributed by atoms with Crippen LogP contribution in [0.3, 0.4) is 0 Å². The molecule has 0 aliphatic carbocycles. The van der Waals surface area contributed by atoms with Gasteiger partial charge in [0, 0.05) is 22.8 Å². The minimum absolute atomic E-state index is 0.0291. The van der Waals surface area contributed by atoms with Gasteiger partial charge in [-0.25, -0.2) is 22.4 Å². The number of pyridine rings is 2. The van der Waals surface area contributed by atoms with Gasteiger partial charge in [-0.05, 0) is 44.0 Å². The predicted octanol–water partition coefficient (Wildman–Crippen LogP) is 4.07. The molecule has 0 aliphatic heterocycles. The van der Waals surface area contributed by atoms with Gasteiger partial charge >= 0.3 is 0 Å². The molecule has 1 atom stereocenters. The highest BCUT2D eigenvalue weighted by atomic mass is 32.2. The lowest BCUT2D eigenvalue weighted by Crippen LogP contribution is -2.16. The zero-order valence-electron chi connectivity index (χ0n) is 17.1. The average molecular weight is 461 g/mol. The second-order valence-electron chi connectivity index (χ2n) is 7.10. The van der Waals surface area contributed by atoms with Gasteiger partial charge in [0.1, 0.15) is 12.4 Å². The summed E-state index contributed by atoms with van der Waals surface area (Å²) < 4.78 is 63.8. The number of rotatable bonds is 6. The van der Waals surface area contributed by atoms with Crippen LogP contribution in [0.15, 0.2) is 41.6 Å². The molecule has 1 aromatic carbocycles. The van der Waals surface area contributed by atoms with Crippen molar-refractivity contribution in [3.63, 3.8) is 0 Å². The molecule has 4 rings (SSSR count). The summed E-state index contributed by atoms with van der Waals surface area (Å²) in [6.07, 6.45) is 2.46.